The van der Waals surface area contributed by atoms with Gasteiger partial charge in [-0.05, 0) is 78.1 Å². The molecule has 170 valence electrons. The van der Waals surface area contributed by atoms with Crippen LogP contribution in [0.15, 0.2) is 78.4 Å². The zero-order valence-corrected chi connectivity index (χ0v) is 19.6. The number of hydrogen-bond donors (Lipinski definition) is 1. The van der Waals surface area contributed by atoms with Crippen LogP contribution in [0.4, 0.5) is 10.5 Å². The lowest BCUT2D eigenvalue weighted by Crippen LogP contribution is -2.27. The molecule has 1 aliphatic carbocycles. The van der Waals surface area contributed by atoms with E-state index in [0.717, 1.165) is 56.5 Å². The summed E-state index contributed by atoms with van der Waals surface area (Å²) in [4.78, 5) is 24.7. The molecule has 0 saturated carbocycles. The molecule has 1 N–H and O–H groups in total. The van der Waals surface area contributed by atoms with Gasteiger partial charge in [0.2, 0.25) is 0 Å². The fourth-order valence-corrected chi connectivity index (χ4v) is 4.84. The summed E-state index contributed by atoms with van der Waals surface area (Å²) in [6, 6.07) is 24.5. The van der Waals surface area contributed by atoms with Crippen molar-refractivity contribution in [2.24, 2.45) is 0 Å². The molecule has 1 aliphatic rings. The maximum absolute atomic E-state index is 12.5. The highest BCUT2D eigenvalue weighted by Crippen LogP contribution is 2.43. The minimum Gasteiger partial charge on any atom is -0.444 e. The maximum atomic E-state index is 12.5. The lowest BCUT2D eigenvalue weighted by Gasteiger charge is -2.25. The van der Waals surface area contributed by atoms with Crippen LogP contribution in [0.5, 0.6) is 0 Å². The number of allylic oxidation sites excluding steroid dienone is 1. The normalized spacial score (nSPS) is 13.6. The van der Waals surface area contributed by atoms with Gasteiger partial charge >= 0.3 is 6.09 Å². The zero-order chi connectivity index (χ0) is 23.9. The van der Waals surface area contributed by atoms with E-state index in [1.54, 1.807) is 0 Å². The van der Waals surface area contributed by atoms with Gasteiger partial charge in [-0.1, -0.05) is 66.7 Å². The van der Waals surface area contributed by atoms with Crippen molar-refractivity contribution in [3.63, 3.8) is 0 Å². The van der Waals surface area contributed by atoms with Crippen LogP contribution in [0.25, 0.3) is 27.1 Å². The summed E-state index contributed by atoms with van der Waals surface area (Å²) in [5.74, 6) is 0. The molecular weight excluding hydrogens is 422 g/mol. The number of hydrogen-bond acceptors (Lipinski definition) is 3. The number of benzene rings is 4. The van der Waals surface area contributed by atoms with Gasteiger partial charge in [-0.3, -0.25) is 10.1 Å². The Bertz CT molecular complexity index is 1470. The average Bonchev–Trinajstić information content (AvgIpc) is 2.82. The topological polar surface area (TPSA) is 55.4 Å². The molecule has 0 unspecified atom stereocenters. The third kappa shape index (κ3) is 3.96. The lowest BCUT2D eigenvalue weighted by molar-refractivity contribution is -0.105. The third-order valence-electron chi connectivity index (χ3n) is 6.22. The van der Waals surface area contributed by atoms with Crippen molar-refractivity contribution < 1.29 is 14.3 Å². The quantitative estimate of drug-likeness (QED) is 0.334. The highest BCUT2D eigenvalue weighted by molar-refractivity contribution is 6.12. The summed E-state index contributed by atoms with van der Waals surface area (Å²) in [6.07, 6.45) is 2.05. The molecule has 0 atom stereocenters. The van der Waals surface area contributed by atoms with Gasteiger partial charge in [0.05, 0.1) is 5.69 Å². The van der Waals surface area contributed by atoms with Crippen molar-refractivity contribution >= 4 is 45.2 Å². The van der Waals surface area contributed by atoms with Crippen LogP contribution in [0.2, 0.25) is 0 Å². The first-order valence-corrected chi connectivity index (χ1v) is 11.6. The molecule has 4 heteroatoms. The molecule has 4 aromatic rings. The SMILES string of the molecule is CC(C)(C)OC(=O)Nc1ccc(C2=C(C=O)CCc3ccc4ccccc4c32)c2ccccc12. The summed E-state index contributed by atoms with van der Waals surface area (Å²) < 4.78 is 5.46. The van der Waals surface area contributed by atoms with Crippen molar-refractivity contribution in [1.82, 2.24) is 0 Å². The zero-order valence-electron chi connectivity index (χ0n) is 19.6. The minimum atomic E-state index is -0.587. The van der Waals surface area contributed by atoms with E-state index in [1.165, 1.54) is 5.56 Å². The summed E-state index contributed by atoms with van der Waals surface area (Å²) in [5.41, 5.74) is 5.25. The maximum Gasteiger partial charge on any atom is 0.412 e. The summed E-state index contributed by atoms with van der Waals surface area (Å²) in [6.45, 7) is 5.52. The number of aryl methyl sites for hydroxylation is 1. The molecule has 4 nitrogen and oxygen atoms in total. The van der Waals surface area contributed by atoms with E-state index in [0.29, 0.717) is 12.1 Å². The summed E-state index contributed by atoms with van der Waals surface area (Å²) in [5, 5.41) is 7.07. The highest BCUT2D eigenvalue weighted by Gasteiger charge is 2.24. The Kier molecular flexibility index (Phi) is 5.45. The number of nitrogens with one attached hydrogen (secondary N) is 1. The average molecular weight is 450 g/mol. The number of fused-ring (bicyclic) bond motifs is 4. The molecule has 0 aromatic heterocycles. The van der Waals surface area contributed by atoms with Gasteiger partial charge in [-0.25, -0.2) is 4.79 Å². The van der Waals surface area contributed by atoms with E-state index in [-0.39, 0.29) is 0 Å². The molecule has 4 aromatic carbocycles. The van der Waals surface area contributed by atoms with Gasteiger partial charge in [0.1, 0.15) is 11.9 Å². The number of rotatable bonds is 3. The van der Waals surface area contributed by atoms with Crippen LogP contribution in [0.3, 0.4) is 0 Å². The van der Waals surface area contributed by atoms with E-state index in [2.05, 4.69) is 29.6 Å². The van der Waals surface area contributed by atoms with Crippen LogP contribution < -0.4 is 5.32 Å². The Morgan fingerprint density at radius 3 is 2.29 bits per heavy atom. The predicted molar refractivity (Wildman–Crippen MR) is 138 cm³/mol. The van der Waals surface area contributed by atoms with E-state index in [1.807, 2.05) is 69.3 Å². The van der Waals surface area contributed by atoms with Crippen molar-refractivity contribution in [3.8, 4) is 0 Å². The second kappa shape index (κ2) is 8.45. The molecule has 5 rings (SSSR count). The number of carbonyl (C=O) groups excluding carboxylic acids is 2. The Morgan fingerprint density at radius 1 is 0.853 bits per heavy atom. The number of ether oxygens (including phenoxy) is 1. The fourth-order valence-electron chi connectivity index (χ4n) is 4.84. The summed E-state index contributed by atoms with van der Waals surface area (Å²) >= 11 is 0. The number of carbonyl (C=O) groups is 2. The van der Waals surface area contributed by atoms with Gasteiger partial charge in [0.25, 0.3) is 0 Å². The molecular formula is C30H27NO3. The standard InChI is InChI=1S/C30H27NO3/c1-30(2,3)34-29(33)31-26-17-16-25(23-10-6-7-11-24(23)26)28-21(18-32)15-14-20-13-12-19-8-4-5-9-22(19)27(20)28/h4-13,16-18H,14-15H2,1-3H3,(H,31,33). The smallest absolute Gasteiger partial charge is 0.412 e. The number of anilines is 1. The van der Waals surface area contributed by atoms with Crippen molar-refractivity contribution in [3.05, 3.63) is 95.1 Å². The van der Waals surface area contributed by atoms with Gasteiger partial charge in [-0.15, -0.1) is 0 Å². The molecule has 0 saturated heterocycles. The first-order chi connectivity index (χ1) is 16.4. The van der Waals surface area contributed by atoms with Crippen LogP contribution in [0.1, 0.15) is 43.9 Å². The highest BCUT2D eigenvalue weighted by atomic mass is 16.6. The van der Waals surface area contributed by atoms with E-state index in [9.17, 15) is 9.59 Å². The second-order valence-electron chi connectivity index (χ2n) is 9.67. The minimum absolute atomic E-state index is 0.493. The van der Waals surface area contributed by atoms with Crippen molar-refractivity contribution in [1.29, 1.82) is 0 Å². The van der Waals surface area contributed by atoms with Gasteiger partial charge in [-0.2, -0.15) is 0 Å². The molecule has 0 radical (unpaired) electrons. The molecule has 34 heavy (non-hydrogen) atoms. The summed E-state index contributed by atoms with van der Waals surface area (Å²) in [7, 11) is 0. The van der Waals surface area contributed by atoms with Crippen LogP contribution in [-0.4, -0.2) is 18.0 Å². The second-order valence-corrected chi connectivity index (χ2v) is 9.67. The molecule has 0 fully saturated rings. The molecule has 0 bridgehead atoms. The van der Waals surface area contributed by atoms with Crippen LogP contribution in [0, 0.1) is 0 Å². The molecule has 0 spiro atoms. The van der Waals surface area contributed by atoms with Crippen molar-refractivity contribution in [2.75, 3.05) is 5.32 Å². The van der Waals surface area contributed by atoms with E-state index >= 15 is 0 Å². The third-order valence-corrected chi connectivity index (χ3v) is 6.22. The Balaban J connectivity index is 1.71. The van der Waals surface area contributed by atoms with E-state index in [4.69, 9.17) is 4.74 Å². The van der Waals surface area contributed by atoms with Crippen molar-refractivity contribution in [2.45, 2.75) is 39.2 Å². The number of aldehydes is 1. The first-order valence-electron chi connectivity index (χ1n) is 11.6. The fraction of sp³-hybridized carbons (Fsp3) is 0.200. The monoisotopic (exact) mass is 449 g/mol. The number of amides is 1. The van der Waals surface area contributed by atoms with Gasteiger partial charge in [0.15, 0.2) is 0 Å². The van der Waals surface area contributed by atoms with Crippen LogP contribution >= 0.6 is 0 Å². The van der Waals surface area contributed by atoms with E-state index < -0.39 is 11.7 Å². The van der Waals surface area contributed by atoms with Crippen LogP contribution in [-0.2, 0) is 16.0 Å². The first kappa shape index (κ1) is 21.9. The van der Waals surface area contributed by atoms with Gasteiger partial charge < -0.3 is 4.74 Å². The molecule has 1 amide bonds. The molecule has 0 aliphatic heterocycles. The largest absolute Gasteiger partial charge is 0.444 e. The predicted octanol–water partition coefficient (Wildman–Crippen LogP) is 7.29. The molecule has 0 heterocycles. The Morgan fingerprint density at radius 2 is 1.56 bits per heavy atom. The Labute approximate surface area is 199 Å². The van der Waals surface area contributed by atoms with Gasteiger partial charge in [0, 0.05) is 11.0 Å². The Hall–Kier alpha value is -3.92. The lowest BCUT2D eigenvalue weighted by atomic mass is 9.79.